The highest BCUT2D eigenvalue weighted by Crippen LogP contribution is 2.31. The van der Waals surface area contributed by atoms with Crippen LogP contribution in [-0.2, 0) is 0 Å². The van der Waals surface area contributed by atoms with E-state index in [4.69, 9.17) is 0 Å². The molecule has 0 aliphatic heterocycles. The van der Waals surface area contributed by atoms with Crippen molar-refractivity contribution in [3.63, 3.8) is 0 Å². The van der Waals surface area contributed by atoms with Crippen LogP contribution < -0.4 is 5.32 Å². The smallest absolute Gasteiger partial charge is 0.161 e. The zero-order valence-corrected chi connectivity index (χ0v) is 12.8. The SMILES string of the molecule is Fc1ccccc1Nc1nnc(-c2ccccc2)c2ccccc12. The minimum atomic E-state index is -0.324. The van der Waals surface area contributed by atoms with E-state index >= 15 is 0 Å². The highest BCUT2D eigenvalue weighted by molar-refractivity contribution is 6.00. The summed E-state index contributed by atoms with van der Waals surface area (Å²) in [4.78, 5) is 0. The number of hydrogen-bond donors (Lipinski definition) is 1. The standard InChI is InChI=1S/C20H14FN3/c21-17-12-6-7-13-18(17)22-20-16-11-5-4-10-15(16)19(23-24-20)14-8-2-1-3-9-14/h1-13H,(H,22,24). The van der Waals surface area contributed by atoms with Crippen LogP contribution in [0.2, 0.25) is 0 Å². The highest BCUT2D eigenvalue weighted by Gasteiger charge is 2.11. The van der Waals surface area contributed by atoms with Gasteiger partial charge in [0.1, 0.15) is 11.5 Å². The molecule has 0 aliphatic rings. The first-order chi connectivity index (χ1) is 11.8. The fourth-order valence-electron chi connectivity index (χ4n) is 2.70. The van der Waals surface area contributed by atoms with Gasteiger partial charge in [0.15, 0.2) is 5.82 Å². The number of anilines is 2. The Morgan fingerprint density at radius 1 is 0.667 bits per heavy atom. The van der Waals surface area contributed by atoms with Gasteiger partial charge in [-0.3, -0.25) is 0 Å². The van der Waals surface area contributed by atoms with Gasteiger partial charge in [-0.05, 0) is 12.1 Å². The summed E-state index contributed by atoms with van der Waals surface area (Å²) < 4.78 is 13.9. The number of para-hydroxylation sites is 1. The lowest BCUT2D eigenvalue weighted by Gasteiger charge is -2.11. The number of benzene rings is 3. The molecule has 1 N–H and O–H groups in total. The summed E-state index contributed by atoms with van der Waals surface area (Å²) in [7, 11) is 0. The van der Waals surface area contributed by atoms with Gasteiger partial charge in [0.2, 0.25) is 0 Å². The summed E-state index contributed by atoms with van der Waals surface area (Å²) in [5.74, 6) is 0.214. The van der Waals surface area contributed by atoms with Crippen molar-refractivity contribution in [2.24, 2.45) is 0 Å². The molecular formula is C20H14FN3. The van der Waals surface area contributed by atoms with E-state index in [1.54, 1.807) is 18.2 Å². The molecule has 0 saturated carbocycles. The minimum absolute atomic E-state index is 0.324. The van der Waals surface area contributed by atoms with Gasteiger partial charge in [-0.15, -0.1) is 10.2 Å². The summed E-state index contributed by atoms with van der Waals surface area (Å²) in [5, 5.41) is 13.6. The van der Waals surface area contributed by atoms with E-state index < -0.39 is 0 Å². The first-order valence-electron chi connectivity index (χ1n) is 7.65. The summed E-state index contributed by atoms with van der Waals surface area (Å²) in [5.41, 5.74) is 2.19. The van der Waals surface area contributed by atoms with Crippen LogP contribution in [0.25, 0.3) is 22.0 Å². The average Bonchev–Trinajstić information content (AvgIpc) is 2.64. The second kappa shape index (κ2) is 6.08. The third-order valence-corrected chi connectivity index (χ3v) is 3.86. The van der Waals surface area contributed by atoms with Gasteiger partial charge in [0, 0.05) is 16.3 Å². The Balaban J connectivity index is 1.86. The van der Waals surface area contributed by atoms with E-state index in [2.05, 4.69) is 15.5 Å². The maximum Gasteiger partial charge on any atom is 0.161 e. The molecular weight excluding hydrogens is 301 g/mol. The Kier molecular flexibility index (Phi) is 3.63. The first-order valence-corrected chi connectivity index (χ1v) is 7.65. The summed E-state index contributed by atoms with van der Waals surface area (Å²) >= 11 is 0. The number of nitrogens with zero attached hydrogens (tertiary/aromatic N) is 2. The molecule has 4 aromatic rings. The maximum atomic E-state index is 13.9. The second-order valence-corrected chi connectivity index (χ2v) is 5.41. The van der Waals surface area contributed by atoms with E-state index in [-0.39, 0.29) is 5.82 Å². The fraction of sp³-hybridized carbons (Fsp3) is 0. The molecule has 0 amide bonds. The number of aromatic nitrogens is 2. The van der Waals surface area contributed by atoms with Crippen molar-refractivity contribution in [1.29, 1.82) is 0 Å². The van der Waals surface area contributed by atoms with Crippen molar-refractivity contribution in [3.8, 4) is 11.3 Å². The minimum Gasteiger partial charge on any atom is -0.336 e. The zero-order valence-electron chi connectivity index (χ0n) is 12.8. The van der Waals surface area contributed by atoms with Crippen molar-refractivity contribution < 1.29 is 4.39 Å². The molecule has 0 unspecified atom stereocenters. The molecule has 0 atom stereocenters. The lowest BCUT2D eigenvalue weighted by molar-refractivity contribution is 0.632. The molecule has 116 valence electrons. The van der Waals surface area contributed by atoms with E-state index in [0.29, 0.717) is 11.5 Å². The Labute approximate surface area is 138 Å². The second-order valence-electron chi connectivity index (χ2n) is 5.41. The molecule has 3 nitrogen and oxygen atoms in total. The molecule has 0 aliphatic carbocycles. The lowest BCUT2D eigenvalue weighted by Crippen LogP contribution is -2.00. The number of nitrogens with one attached hydrogen (secondary N) is 1. The van der Waals surface area contributed by atoms with E-state index in [1.807, 2.05) is 54.6 Å². The number of rotatable bonds is 3. The van der Waals surface area contributed by atoms with Crippen LogP contribution in [-0.4, -0.2) is 10.2 Å². The molecule has 0 fully saturated rings. The van der Waals surface area contributed by atoms with Gasteiger partial charge >= 0.3 is 0 Å². The molecule has 4 rings (SSSR count). The van der Waals surface area contributed by atoms with Gasteiger partial charge in [-0.2, -0.15) is 0 Å². The fourth-order valence-corrected chi connectivity index (χ4v) is 2.70. The molecule has 0 spiro atoms. The number of fused-ring (bicyclic) bond motifs is 1. The molecule has 3 aromatic carbocycles. The van der Waals surface area contributed by atoms with Crippen LogP contribution in [0.3, 0.4) is 0 Å². The molecule has 0 bridgehead atoms. The molecule has 24 heavy (non-hydrogen) atoms. The van der Waals surface area contributed by atoms with Crippen molar-refractivity contribution >= 4 is 22.3 Å². The molecule has 0 radical (unpaired) electrons. The Bertz CT molecular complexity index is 1000. The Hall–Kier alpha value is -3.27. The molecule has 1 heterocycles. The van der Waals surface area contributed by atoms with Gasteiger partial charge in [0.05, 0.1) is 5.69 Å². The predicted octanol–water partition coefficient (Wildman–Crippen LogP) is 5.18. The first kappa shape index (κ1) is 14.3. The Morgan fingerprint density at radius 3 is 2.12 bits per heavy atom. The third kappa shape index (κ3) is 2.58. The number of halogens is 1. The van der Waals surface area contributed by atoms with Crippen molar-refractivity contribution in [1.82, 2.24) is 10.2 Å². The van der Waals surface area contributed by atoms with Crippen LogP contribution >= 0.6 is 0 Å². The maximum absolute atomic E-state index is 13.9. The van der Waals surface area contributed by atoms with Crippen LogP contribution in [0, 0.1) is 5.82 Å². The lowest BCUT2D eigenvalue weighted by atomic mass is 10.0. The summed E-state index contributed by atoms with van der Waals surface area (Å²) in [6.07, 6.45) is 0. The van der Waals surface area contributed by atoms with Crippen molar-refractivity contribution in [3.05, 3.63) is 84.7 Å². The Morgan fingerprint density at radius 2 is 1.33 bits per heavy atom. The van der Waals surface area contributed by atoms with Crippen LogP contribution in [0.1, 0.15) is 0 Å². The third-order valence-electron chi connectivity index (χ3n) is 3.86. The van der Waals surface area contributed by atoms with E-state index in [9.17, 15) is 4.39 Å². The monoisotopic (exact) mass is 315 g/mol. The topological polar surface area (TPSA) is 37.8 Å². The molecule has 0 saturated heterocycles. The zero-order chi connectivity index (χ0) is 16.4. The molecule has 1 aromatic heterocycles. The van der Waals surface area contributed by atoms with Crippen LogP contribution in [0.4, 0.5) is 15.9 Å². The van der Waals surface area contributed by atoms with E-state index in [0.717, 1.165) is 22.0 Å². The van der Waals surface area contributed by atoms with Crippen molar-refractivity contribution in [2.45, 2.75) is 0 Å². The highest BCUT2D eigenvalue weighted by atomic mass is 19.1. The normalized spacial score (nSPS) is 10.7. The quantitative estimate of drug-likeness (QED) is 0.566. The van der Waals surface area contributed by atoms with Crippen LogP contribution in [0.15, 0.2) is 78.9 Å². The van der Waals surface area contributed by atoms with Crippen LogP contribution in [0.5, 0.6) is 0 Å². The summed E-state index contributed by atoms with van der Waals surface area (Å²) in [6, 6.07) is 24.3. The molecule has 4 heteroatoms. The van der Waals surface area contributed by atoms with Gasteiger partial charge in [-0.1, -0.05) is 66.7 Å². The van der Waals surface area contributed by atoms with E-state index in [1.165, 1.54) is 6.07 Å². The average molecular weight is 315 g/mol. The number of hydrogen-bond acceptors (Lipinski definition) is 3. The largest absolute Gasteiger partial charge is 0.336 e. The van der Waals surface area contributed by atoms with Gasteiger partial charge in [-0.25, -0.2) is 4.39 Å². The summed E-state index contributed by atoms with van der Waals surface area (Å²) in [6.45, 7) is 0. The van der Waals surface area contributed by atoms with Gasteiger partial charge in [0.25, 0.3) is 0 Å². The predicted molar refractivity (Wildman–Crippen MR) is 94.7 cm³/mol. The van der Waals surface area contributed by atoms with Gasteiger partial charge < -0.3 is 5.32 Å². The van der Waals surface area contributed by atoms with Crippen molar-refractivity contribution in [2.75, 3.05) is 5.32 Å².